The lowest BCUT2D eigenvalue weighted by molar-refractivity contribution is -0.139. The van der Waals surface area contributed by atoms with Gasteiger partial charge >= 0.3 is 0 Å². The minimum Gasteiger partial charge on any atom is -0.480 e. The van der Waals surface area contributed by atoms with E-state index in [1.807, 2.05) is 42.2 Å². The number of piperazine rings is 1. The van der Waals surface area contributed by atoms with Crippen LogP contribution in [-0.4, -0.2) is 53.1 Å². The minimum atomic E-state index is -0.368. The van der Waals surface area contributed by atoms with Crippen LogP contribution in [0.2, 0.25) is 0 Å². The van der Waals surface area contributed by atoms with Crippen molar-refractivity contribution in [3.05, 3.63) is 47.3 Å². The molecule has 0 unspecified atom stereocenters. The number of fused-ring (bicyclic) bond motifs is 1. The number of benzene rings is 1. The first-order valence-electron chi connectivity index (χ1n) is 8.37. The van der Waals surface area contributed by atoms with Gasteiger partial charge in [0.25, 0.3) is 5.91 Å². The van der Waals surface area contributed by atoms with Crippen LogP contribution in [0.3, 0.4) is 0 Å². The highest BCUT2D eigenvalue weighted by Gasteiger charge is 2.33. The van der Waals surface area contributed by atoms with E-state index in [1.54, 1.807) is 0 Å². The molecule has 0 spiro atoms. The fraction of sp³-hybridized carbons (Fsp3) is 0.444. The zero-order valence-corrected chi connectivity index (χ0v) is 13.8. The number of nitrogens with zero attached hydrogens (tertiary/aromatic N) is 3. The molecule has 1 fully saturated rings. The highest BCUT2D eigenvalue weighted by Crippen LogP contribution is 2.29. The van der Waals surface area contributed by atoms with E-state index in [0.29, 0.717) is 6.42 Å². The number of ether oxygens (including phenoxy) is 1. The van der Waals surface area contributed by atoms with Crippen LogP contribution in [0.15, 0.2) is 34.9 Å². The molecule has 1 amide bonds. The van der Waals surface area contributed by atoms with Crippen molar-refractivity contribution in [1.82, 2.24) is 15.0 Å². The van der Waals surface area contributed by atoms with Crippen molar-refractivity contribution in [3.63, 3.8) is 0 Å². The van der Waals surface area contributed by atoms with Gasteiger partial charge in [-0.2, -0.15) is 0 Å². The third kappa shape index (κ3) is 3.01. The van der Waals surface area contributed by atoms with Gasteiger partial charge in [0.2, 0.25) is 0 Å². The van der Waals surface area contributed by atoms with Crippen molar-refractivity contribution in [3.8, 4) is 5.75 Å². The van der Waals surface area contributed by atoms with E-state index in [0.717, 1.165) is 55.5 Å². The van der Waals surface area contributed by atoms with Gasteiger partial charge in [-0.25, -0.2) is 0 Å². The van der Waals surface area contributed by atoms with Gasteiger partial charge in [-0.1, -0.05) is 23.4 Å². The first kappa shape index (κ1) is 15.2. The largest absolute Gasteiger partial charge is 0.480 e. The molecule has 0 bridgehead atoms. The normalized spacial score (nSPS) is 20.7. The highest BCUT2D eigenvalue weighted by atomic mass is 16.5. The molecule has 2 aliphatic rings. The maximum atomic E-state index is 12.7. The lowest BCUT2D eigenvalue weighted by atomic mass is 10.1. The summed E-state index contributed by atoms with van der Waals surface area (Å²) in [5.41, 5.74) is 2.07. The Morgan fingerprint density at radius 1 is 1.25 bits per heavy atom. The molecular formula is C18H21N3O3. The molecule has 2 aromatic rings. The summed E-state index contributed by atoms with van der Waals surface area (Å²) in [6.45, 7) is 5.81. The van der Waals surface area contributed by atoms with Gasteiger partial charge in [-0.05, 0) is 18.6 Å². The molecule has 1 atom stereocenters. The van der Waals surface area contributed by atoms with Crippen LogP contribution in [0.4, 0.5) is 0 Å². The van der Waals surface area contributed by atoms with Crippen molar-refractivity contribution < 1.29 is 14.1 Å². The van der Waals surface area contributed by atoms with Crippen molar-refractivity contribution in [1.29, 1.82) is 0 Å². The fourth-order valence-corrected chi connectivity index (χ4v) is 3.37. The Bertz CT molecular complexity index is 710. The van der Waals surface area contributed by atoms with Gasteiger partial charge in [0.15, 0.2) is 6.10 Å². The zero-order valence-electron chi connectivity index (χ0n) is 13.8. The molecule has 0 aliphatic carbocycles. The van der Waals surface area contributed by atoms with Crippen molar-refractivity contribution in [2.24, 2.45) is 0 Å². The highest BCUT2D eigenvalue weighted by molar-refractivity contribution is 5.82. The minimum absolute atomic E-state index is 0.100. The lowest BCUT2D eigenvalue weighted by Gasteiger charge is -2.35. The fourth-order valence-electron chi connectivity index (χ4n) is 3.37. The summed E-state index contributed by atoms with van der Waals surface area (Å²) in [6, 6.07) is 9.84. The average molecular weight is 327 g/mol. The first-order valence-corrected chi connectivity index (χ1v) is 8.37. The quantitative estimate of drug-likeness (QED) is 0.857. The molecule has 4 rings (SSSR count). The Morgan fingerprint density at radius 3 is 2.75 bits per heavy atom. The van der Waals surface area contributed by atoms with Gasteiger partial charge in [-0.15, -0.1) is 0 Å². The monoisotopic (exact) mass is 327 g/mol. The Hall–Kier alpha value is -2.34. The van der Waals surface area contributed by atoms with Crippen molar-refractivity contribution >= 4 is 5.91 Å². The third-order valence-corrected chi connectivity index (χ3v) is 4.67. The van der Waals surface area contributed by atoms with E-state index in [9.17, 15) is 4.79 Å². The summed E-state index contributed by atoms with van der Waals surface area (Å²) < 4.78 is 10.9. The number of amides is 1. The summed E-state index contributed by atoms with van der Waals surface area (Å²) in [7, 11) is 0. The van der Waals surface area contributed by atoms with Crippen LogP contribution in [0.1, 0.15) is 17.0 Å². The molecule has 0 N–H and O–H groups in total. The van der Waals surface area contributed by atoms with E-state index < -0.39 is 0 Å². The molecule has 126 valence electrons. The van der Waals surface area contributed by atoms with Crippen molar-refractivity contribution in [2.75, 3.05) is 26.2 Å². The second-order valence-corrected chi connectivity index (χ2v) is 6.45. The maximum Gasteiger partial charge on any atom is 0.264 e. The number of hydrogen-bond donors (Lipinski definition) is 0. The number of carbonyl (C=O) groups excluding carboxylic acids is 1. The molecule has 24 heavy (non-hydrogen) atoms. The molecular weight excluding hydrogens is 306 g/mol. The van der Waals surface area contributed by atoms with Crippen LogP contribution in [0.25, 0.3) is 0 Å². The van der Waals surface area contributed by atoms with Gasteiger partial charge in [-0.3, -0.25) is 9.69 Å². The molecule has 6 heteroatoms. The van der Waals surface area contributed by atoms with Gasteiger partial charge in [0, 0.05) is 45.2 Å². The second-order valence-electron chi connectivity index (χ2n) is 6.45. The Balaban J connectivity index is 1.31. The van der Waals surface area contributed by atoms with E-state index in [4.69, 9.17) is 9.26 Å². The predicted octanol–water partition coefficient (Wildman–Crippen LogP) is 1.63. The molecule has 3 heterocycles. The summed E-state index contributed by atoms with van der Waals surface area (Å²) in [5, 5.41) is 4.03. The molecule has 6 nitrogen and oxygen atoms in total. The summed E-state index contributed by atoms with van der Waals surface area (Å²) in [6.07, 6.45) is 0.306. The smallest absolute Gasteiger partial charge is 0.264 e. The molecule has 2 aliphatic heterocycles. The zero-order chi connectivity index (χ0) is 16.5. The Kier molecular flexibility index (Phi) is 3.98. The maximum absolute atomic E-state index is 12.7. The van der Waals surface area contributed by atoms with E-state index in [-0.39, 0.29) is 12.0 Å². The summed E-state index contributed by atoms with van der Waals surface area (Å²) in [4.78, 5) is 16.9. The van der Waals surface area contributed by atoms with Gasteiger partial charge in [0.1, 0.15) is 11.5 Å². The lowest BCUT2D eigenvalue weighted by Crippen LogP contribution is -2.51. The van der Waals surface area contributed by atoms with Crippen LogP contribution in [0, 0.1) is 6.92 Å². The van der Waals surface area contributed by atoms with Crippen LogP contribution >= 0.6 is 0 Å². The van der Waals surface area contributed by atoms with Crippen LogP contribution in [0.5, 0.6) is 5.75 Å². The SMILES string of the molecule is Cc1cc(CN2CCN(C(=O)[C@@H]3Cc4ccccc4O3)CC2)no1. The Morgan fingerprint density at radius 2 is 2.04 bits per heavy atom. The number of aryl methyl sites for hydroxylation is 1. The second kappa shape index (κ2) is 6.28. The predicted molar refractivity (Wildman–Crippen MR) is 87.7 cm³/mol. The number of hydrogen-bond acceptors (Lipinski definition) is 5. The van der Waals surface area contributed by atoms with E-state index in [1.165, 1.54) is 0 Å². The van der Waals surface area contributed by atoms with Crippen LogP contribution in [-0.2, 0) is 17.8 Å². The number of aromatic nitrogens is 1. The summed E-state index contributed by atoms with van der Waals surface area (Å²) in [5.74, 6) is 1.77. The number of carbonyl (C=O) groups is 1. The standard InChI is InChI=1S/C18H21N3O3/c1-13-10-15(19-24-13)12-20-6-8-21(9-7-20)18(22)17-11-14-4-2-3-5-16(14)23-17/h2-5,10,17H,6-9,11-12H2,1H3/t17-/m0/s1. The van der Waals surface area contributed by atoms with E-state index >= 15 is 0 Å². The topological polar surface area (TPSA) is 58.8 Å². The molecule has 1 saturated heterocycles. The average Bonchev–Trinajstić information content (AvgIpc) is 3.21. The number of para-hydroxylation sites is 1. The van der Waals surface area contributed by atoms with Crippen LogP contribution < -0.4 is 4.74 Å². The molecule has 1 aromatic heterocycles. The van der Waals surface area contributed by atoms with Crippen molar-refractivity contribution in [2.45, 2.75) is 26.0 Å². The first-order chi connectivity index (χ1) is 11.7. The Labute approximate surface area is 141 Å². The van der Waals surface area contributed by atoms with Gasteiger partial charge in [0.05, 0.1) is 5.69 Å². The number of rotatable bonds is 3. The third-order valence-electron chi connectivity index (χ3n) is 4.67. The van der Waals surface area contributed by atoms with Gasteiger partial charge < -0.3 is 14.2 Å². The molecule has 1 aromatic carbocycles. The molecule has 0 saturated carbocycles. The molecule has 0 radical (unpaired) electrons. The summed E-state index contributed by atoms with van der Waals surface area (Å²) >= 11 is 0. The van der Waals surface area contributed by atoms with E-state index in [2.05, 4.69) is 10.1 Å².